The fourth-order valence-electron chi connectivity index (χ4n) is 1.68. The molecule has 0 saturated carbocycles. The highest BCUT2D eigenvalue weighted by Gasteiger charge is 2.14. The van der Waals surface area contributed by atoms with Crippen molar-refractivity contribution in [1.29, 1.82) is 0 Å². The Kier molecular flexibility index (Phi) is 2.75. The molecule has 0 amide bonds. The van der Waals surface area contributed by atoms with Gasteiger partial charge in [-0.2, -0.15) is 0 Å². The van der Waals surface area contributed by atoms with Crippen molar-refractivity contribution in [3.05, 3.63) is 29.2 Å². The molecule has 1 N–H and O–H groups in total. The van der Waals surface area contributed by atoms with Gasteiger partial charge in [-0.25, -0.2) is 9.78 Å². The summed E-state index contributed by atoms with van der Waals surface area (Å²) >= 11 is 0. The molecule has 5 heteroatoms. The Morgan fingerprint density at radius 3 is 2.88 bits per heavy atom. The summed E-state index contributed by atoms with van der Waals surface area (Å²) in [6.45, 7) is 5.78. The van der Waals surface area contributed by atoms with Crippen LogP contribution in [0.3, 0.4) is 0 Å². The van der Waals surface area contributed by atoms with Gasteiger partial charge in [-0.15, -0.1) is 0 Å². The van der Waals surface area contributed by atoms with Crippen LogP contribution in [0.5, 0.6) is 5.75 Å². The van der Waals surface area contributed by atoms with Crippen LogP contribution in [0.25, 0.3) is 5.65 Å². The van der Waals surface area contributed by atoms with E-state index in [0.29, 0.717) is 17.8 Å². The topological polar surface area (TPSA) is 63.8 Å². The van der Waals surface area contributed by atoms with Gasteiger partial charge in [0.25, 0.3) is 0 Å². The van der Waals surface area contributed by atoms with Gasteiger partial charge in [0.1, 0.15) is 0 Å². The number of aromatic hydroxyl groups is 1. The summed E-state index contributed by atoms with van der Waals surface area (Å²) in [6, 6.07) is 1.37. The zero-order valence-electron chi connectivity index (χ0n) is 10.0. The lowest BCUT2D eigenvalue weighted by Gasteiger charge is -2.05. The van der Waals surface area contributed by atoms with Gasteiger partial charge in [-0.3, -0.25) is 0 Å². The molecule has 0 spiro atoms. The summed E-state index contributed by atoms with van der Waals surface area (Å²) in [5.41, 5.74) is 2.48. The second-order valence-electron chi connectivity index (χ2n) is 3.81. The number of hydrogen-bond donors (Lipinski definition) is 1. The molecule has 0 fully saturated rings. The zero-order valence-corrected chi connectivity index (χ0v) is 10.0. The molecule has 2 rings (SSSR count). The predicted octanol–water partition coefficient (Wildman–Crippen LogP) is 1.83. The van der Waals surface area contributed by atoms with Crippen molar-refractivity contribution in [2.24, 2.45) is 0 Å². The van der Waals surface area contributed by atoms with Crippen LogP contribution >= 0.6 is 0 Å². The highest BCUT2D eigenvalue weighted by molar-refractivity contribution is 5.90. The first-order valence-electron chi connectivity index (χ1n) is 5.40. The SMILES string of the molecule is CCOC(=O)c1cc(O)c2nc(C)c(C)n2c1. The molecule has 0 radical (unpaired) electrons. The molecule has 0 aliphatic carbocycles. The Morgan fingerprint density at radius 2 is 2.24 bits per heavy atom. The minimum Gasteiger partial charge on any atom is -0.504 e. The number of nitrogens with zero attached hydrogens (tertiary/aromatic N) is 2. The second kappa shape index (κ2) is 4.08. The minimum absolute atomic E-state index is 0.0215. The van der Waals surface area contributed by atoms with E-state index < -0.39 is 5.97 Å². The maximum atomic E-state index is 11.6. The van der Waals surface area contributed by atoms with Crippen LogP contribution in [0.1, 0.15) is 28.7 Å². The Bertz CT molecular complexity index is 587. The van der Waals surface area contributed by atoms with Gasteiger partial charge < -0.3 is 14.2 Å². The van der Waals surface area contributed by atoms with Crippen LogP contribution in [0, 0.1) is 13.8 Å². The molecular weight excluding hydrogens is 220 g/mol. The van der Waals surface area contributed by atoms with E-state index in [9.17, 15) is 9.90 Å². The Morgan fingerprint density at radius 1 is 1.53 bits per heavy atom. The summed E-state index contributed by atoms with van der Waals surface area (Å²) in [4.78, 5) is 15.8. The first-order valence-corrected chi connectivity index (χ1v) is 5.40. The number of imidazole rings is 1. The first-order chi connectivity index (χ1) is 8.04. The Balaban J connectivity index is 2.61. The molecule has 0 aliphatic heterocycles. The molecule has 2 aromatic rings. The van der Waals surface area contributed by atoms with Gasteiger partial charge in [0.05, 0.1) is 17.9 Å². The Hall–Kier alpha value is -2.04. The van der Waals surface area contributed by atoms with Gasteiger partial charge in [-0.1, -0.05) is 0 Å². The molecule has 0 saturated heterocycles. The summed E-state index contributed by atoms with van der Waals surface area (Å²) in [6.07, 6.45) is 1.63. The van der Waals surface area contributed by atoms with Crippen LogP contribution in [0.4, 0.5) is 0 Å². The fraction of sp³-hybridized carbons (Fsp3) is 0.333. The standard InChI is InChI=1S/C12H14N2O3/c1-4-17-12(16)9-5-10(15)11-13-7(2)8(3)14(11)6-9/h5-6,15H,4H2,1-3H3. The molecular formula is C12H14N2O3. The van der Waals surface area contributed by atoms with Crippen molar-refractivity contribution in [2.45, 2.75) is 20.8 Å². The third kappa shape index (κ3) is 1.84. The summed E-state index contributed by atoms with van der Waals surface area (Å²) in [5.74, 6) is -0.470. The number of ether oxygens (including phenoxy) is 1. The zero-order chi connectivity index (χ0) is 12.6. The lowest BCUT2D eigenvalue weighted by molar-refractivity contribution is 0.0525. The molecule has 0 aromatic carbocycles. The third-order valence-electron chi connectivity index (χ3n) is 2.69. The van der Waals surface area contributed by atoms with Crippen LogP contribution in [-0.2, 0) is 4.74 Å². The summed E-state index contributed by atoms with van der Waals surface area (Å²) in [5, 5.41) is 9.82. The lowest BCUT2D eigenvalue weighted by atomic mass is 10.2. The average Bonchev–Trinajstić information content (AvgIpc) is 2.57. The van der Waals surface area contributed by atoms with Crippen molar-refractivity contribution in [3.8, 4) is 5.75 Å². The monoisotopic (exact) mass is 234 g/mol. The molecule has 17 heavy (non-hydrogen) atoms. The van der Waals surface area contributed by atoms with E-state index in [4.69, 9.17) is 4.74 Å². The molecule has 0 bridgehead atoms. The number of aromatic nitrogens is 2. The van der Waals surface area contributed by atoms with Gasteiger partial charge in [0.2, 0.25) is 0 Å². The predicted molar refractivity (Wildman–Crippen MR) is 62.3 cm³/mol. The third-order valence-corrected chi connectivity index (χ3v) is 2.69. The highest BCUT2D eigenvalue weighted by atomic mass is 16.5. The second-order valence-corrected chi connectivity index (χ2v) is 3.81. The van der Waals surface area contributed by atoms with Crippen molar-refractivity contribution in [3.63, 3.8) is 0 Å². The van der Waals surface area contributed by atoms with Crippen molar-refractivity contribution < 1.29 is 14.6 Å². The minimum atomic E-state index is -0.449. The van der Waals surface area contributed by atoms with Crippen LogP contribution in [0.2, 0.25) is 0 Å². The molecule has 2 aromatic heterocycles. The average molecular weight is 234 g/mol. The van der Waals surface area contributed by atoms with Gasteiger partial charge in [0, 0.05) is 11.9 Å². The van der Waals surface area contributed by atoms with Gasteiger partial charge in [-0.05, 0) is 26.8 Å². The highest BCUT2D eigenvalue weighted by Crippen LogP contribution is 2.22. The van der Waals surface area contributed by atoms with Crippen molar-refractivity contribution >= 4 is 11.6 Å². The molecule has 90 valence electrons. The fourth-order valence-corrected chi connectivity index (χ4v) is 1.68. The van der Waals surface area contributed by atoms with Crippen LogP contribution in [-0.4, -0.2) is 27.1 Å². The Labute approximate surface area is 98.7 Å². The summed E-state index contributed by atoms with van der Waals surface area (Å²) < 4.78 is 6.59. The van der Waals surface area contributed by atoms with E-state index in [1.807, 2.05) is 13.8 Å². The molecule has 0 aliphatic rings. The molecule has 5 nitrogen and oxygen atoms in total. The normalized spacial score (nSPS) is 10.8. The molecule has 0 unspecified atom stereocenters. The van der Waals surface area contributed by atoms with E-state index >= 15 is 0 Å². The number of fused-ring (bicyclic) bond motifs is 1. The molecule has 0 atom stereocenters. The number of pyridine rings is 1. The quantitative estimate of drug-likeness (QED) is 0.805. The number of hydrogen-bond acceptors (Lipinski definition) is 4. The van der Waals surface area contributed by atoms with E-state index in [-0.39, 0.29) is 5.75 Å². The van der Waals surface area contributed by atoms with Gasteiger partial charge >= 0.3 is 5.97 Å². The number of carbonyl (C=O) groups is 1. The number of rotatable bonds is 2. The van der Waals surface area contributed by atoms with E-state index in [1.54, 1.807) is 17.5 Å². The number of esters is 1. The van der Waals surface area contributed by atoms with E-state index in [1.165, 1.54) is 6.07 Å². The van der Waals surface area contributed by atoms with Crippen molar-refractivity contribution in [1.82, 2.24) is 9.38 Å². The maximum absolute atomic E-state index is 11.6. The maximum Gasteiger partial charge on any atom is 0.339 e. The molecule has 2 heterocycles. The first kappa shape index (κ1) is 11.4. The smallest absolute Gasteiger partial charge is 0.339 e. The van der Waals surface area contributed by atoms with E-state index in [0.717, 1.165) is 11.4 Å². The largest absolute Gasteiger partial charge is 0.504 e. The number of aryl methyl sites for hydroxylation is 2. The van der Waals surface area contributed by atoms with E-state index in [2.05, 4.69) is 4.98 Å². The van der Waals surface area contributed by atoms with Gasteiger partial charge in [0.15, 0.2) is 11.4 Å². The summed E-state index contributed by atoms with van der Waals surface area (Å²) in [7, 11) is 0. The van der Waals surface area contributed by atoms with Crippen molar-refractivity contribution in [2.75, 3.05) is 6.61 Å². The number of carbonyl (C=O) groups excluding carboxylic acids is 1. The van der Waals surface area contributed by atoms with Crippen LogP contribution in [0.15, 0.2) is 12.3 Å². The lowest BCUT2D eigenvalue weighted by Crippen LogP contribution is -2.06. The van der Waals surface area contributed by atoms with Crippen LogP contribution < -0.4 is 0 Å².